The predicted molar refractivity (Wildman–Crippen MR) is 71.1 cm³/mol. The molecule has 1 aromatic heterocycles. The van der Waals surface area contributed by atoms with Gasteiger partial charge in [-0.25, -0.2) is 4.68 Å². The van der Waals surface area contributed by atoms with Crippen LogP contribution in [0.3, 0.4) is 0 Å². The average molecular weight is 229 g/mol. The summed E-state index contributed by atoms with van der Waals surface area (Å²) in [4.78, 5) is 0. The van der Waals surface area contributed by atoms with Crippen molar-refractivity contribution in [3.63, 3.8) is 0 Å². The van der Waals surface area contributed by atoms with Crippen molar-refractivity contribution in [1.29, 1.82) is 0 Å². The third-order valence-corrected chi connectivity index (χ3v) is 2.50. The van der Waals surface area contributed by atoms with Crippen LogP contribution in [0, 0.1) is 5.41 Å². The van der Waals surface area contributed by atoms with Crippen molar-refractivity contribution in [2.75, 3.05) is 5.73 Å². The number of nitrogens with two attached hydrogens (primary N) is 1. The minimum atomic E-state index is 0.225. The number of benzene rings is 1. The molecule has 90 valence electrons. The smallest absolute Gasteiger partial charge is 0.127 e. The lowest BCUT2D eigenvalue weighted by Gasteiger charge is -2.15. The zero-order chi connectivity index (χ0) is 12.5. The van der Waals surface area contributed by atoms with E-state index < -0.39 is 0 Å². The Morgan fingerprint density at radius 3 is 2.41 bits per heavy atom. The lowest BCUT2D eigenvalue weighted by atomic mass is 9.91. The third-order valence-electron chi connectivity index (χ3n) is 2.50. The van der Waals surface area contributed by atoms with Gasteiger partial charge in [0.2, 0.25) is 0 Å². The van der Waals surface area contributed by atoms with E-state index in [-0.39, 0.29) is 5.41 Å². The highest BCUT2D eigenvalue weighted by molar-refractivity contribution is 5.42. The zero-order valence-electron chi connectivity index (χ0n) is 10.6. The molecule has 0 fully saturated rings. The Balaban J connectivity index is 2.32. The highest BCUT2D eigenvalue weighted by Gasteiger charge is 2.15. The SMILES string of the molecule is CC(C)(C)Cc1cc(N)n(-c2ccccc2)n1. The Labute approximate surface area is 102 Å². The fourth-order valence-corrected chi connectivity index (χ4v) is 1.85. The Bertz CT molecular complexity index is 492. The maximum atomic E-state index is 5.99. The van der Waals surface area contributed by atoms with Gasteiger partial charge in [-0.15, -0.1) is 0 Å². The summed E-state index contributed by atoms with van der Waals surface area (Å²) in [6.07, 6.45) is 0.928. The van der Waals surface area contributed by atoms with Crippen LogP contribution in [0.15, 0.2) is 36.4 Å². The number of nitrogen functional groups attached to an aromatic ring is 1. The highest BCUT2D eigenvalue weighted by atomic mass is 15.3. The van der Waals surface area contributed by atoms with Crippen LogP contribution >= 0.6 is 0 Å². The van der Waals surface area contributed by atoms with E-state index in [1.165, 1.54) is 0 Å². The van der Waals surface area contributed by atoms with Gasteiger partial charge in [0, 0.05) is 6.07 Å². The summed E-state index contributed by atoms with van der Waals surface area (Å²) in [6, 6.07) is 11.9. The van der Waals surface area contributed by atoms with Gasteiger partial charge in [-0.1, -0.05) is 39.0 Å². The molecule has 1 aromatic carbocycles. The second kappa shape index (κ2) is 4.24. The molecule has 0 saturated carbocycles. The normalized spacial score (nSPS) is 11.7. The molecule has 3 nitrogen and oxygen atoms in total. The molecule has 0 unspecified atom stereocenters. The first kappa shape index (κ1) is 11.7. The lowest BCUT2D eigenvalue weighted by molar-refractivity contribution is 0.405. The molecule has 0 saturated heterocycles. The van der Waals surface area contributed by atoms with Gasteiger partial charge in [-0.2, -0.15) is 5.10 Å². The van der Waals surface area contributed by atoms with Gasteiger partial charge in [0.1, 0.15) is 5.82 Å². The van der Waals surface area contributed by atoms with Gasteiger partial charge in [-0.3, -0.25) is 0 Å². The van der Waals surface area contributed by atoms with Crippen molar-refractivity contribution in [3.05, 3.63) is 42.1 Å². The summed E-state index contributed by atoms with van der Waals surface area (Å²) in [7, 11) is 0. The number of anilines is 1. The Morgan fingerprint density at radius 1 is 1.18 bits per heavy atom. The van der Waals surface area contributed by atoms with E-state index in [1.54, 1.807) is 4.68 Å². The van der Waals surface area contributed by atoms with Crippen molar-refractivity contribution >= 4 is 5.82 Å². The first-order valence-corrected chi connectivity index (χ1v) is 5.85. The fraction of sp³-hybridized carbons (Fsp3) is 0.357. The minimum Gasteiger partial charge on any atom is -0.384 e. The van der Waals surface area contributed by atoms with Crippen molar-refractivity contribution < 1.29 is 0 Å². The highest BCUT2D eigenvalue weighted by Crippen LogP contribution is 2.22. The van der Waals surface area contributed by atoms with Crippen molar-refractivity contribution in [1.82, 2.24) is 9.78 Å². The van der Waals surface area contributed by atoms with Crippen molar-refractivity contribution in [2.24, 2.45) is 5.41 Å². The molecule has 0 amide bonds. The van der Waals surface area contributed by atoms with Crippen LogP contribution in [0.25, 0.3) is 5.69 Å². The monoisotopic (exact) mass is 229 g/mol. The Hall–Kier alpha value is -1.77. The predicted octanol–water partition coefficient (Wildman–Crippen LogP) is 3.04. The lowest BCUT2D eigenvalue weighted by Crippen LogP contribution is -2.10. The molecule has 0 atom stereocenters. The molecule has 0 bridgehead atoms. The number of rotatable bonds is 2. The molecule has 0 spiro atoms. The molecule has 0 aliphatic rings. The summed E-state index contributed by atoms with van der Waals surface area (Å²) >= 11 is 0. The van der Waals surface area contributed by atoms with Crippen LogP contribution in [0.1, 0.15) is 26.5 Å². The number of hydrogen-bond acceptors (Lipinski definition) is 2. The molecule has 2 rings (SSSR count). The number of aromatic nitrogens is 2. The van der Waals surface area contributed by atoms with Crippen molar-refractivity contribution in [3.8, 4) is 5.69 Å². The van der Waals surface area contributed by atoms with E-state index in [0.29, 0.717) is 5.82 Å². The van der Waals surface area contributed by atoms with Gasteiger partial charge < -0.3 is 5.73 Å². The van der Waals surface area contributed by atoms with E-state index in [9.17, 15) is 0 Å². The van der Waals surface area contributed by atoms with Crippen LogP contribution in [-0.2, 0) is 6.42 Å². The van der Waals surface area contributed by atoms with E-state index in [4.69, 9.17) is 5.73 Å². The van der Waals surface area contributed by atoms with Gasteiger partial charge in [0.05, 0.1) is 11.4 Å². The molecular formula is C14H19N3. The summed E-state index contributed by atoms with van der Waals surface area (Å²) in [5.74, 6) is 0.690. The maximum absolute atomic E-state index is 5.99. The van der Waals surface area contributed by atoms with E-state index >= 15 is 0 Å². The van der Waals surface area contributed by atoms with Crippen LogP contribution in [0.5, 0.6) is 0 Å². The molecule has 0 aliphatic carbocycles. The van der Waals surface area contributed by atoms with Crippen LogP contribution in [0.2, 0.25) is 0 Å². The molecular weight excluding hydrogens is 210 g/mol. The quantitative estimate of drug-likeness (QED) is 0.860. The molecule has 3 heteroatoms. The summed E-state index contributed by atoms with van der Waals surface area (Å²) in [6.45, 7) is 6.60. The number of nitrogens with zero attached hydrogens (tertiary/aromatic N) is 2. The molecule has 1 heterocycles. The Kier molecular flexibility index (Phi) is 2.92. The first-order chi connectivity index (χ1) is 7.96. The minimum absolute atomic E-state index is 0.225. The average Bonchev–Trinajstić information content (AvgIpc) is 2.58. The van der Waals surface area contributed by atoms with Gasteiger partial charge >= 0.3 is 0 Å². The molecule has 0 radical (unpaired) electrons. The Morgan fingerprint density at radius 2 is 1.82 bits per heavy atom. The molecule has 2 N–H and O–H groups in total. The van der Waals surface area contributed by atoms with Gasteiger partial charge in [0.15, 0.2) is 0 Å². The van der Waals surface area contributed by atoms with Gasteiger partial charge in [-0.05, 0) is 24.0 Å². The van der Waals surface area contributed by atoms with E-state index in [2.05, 4.69) is 25.9 Å². The van der Waals surface area contributed by atoms with Crippen LogP contribution in [-0.4, -0.2) is 9.78 Å². The van der Waals surface area contributed by atoms with E-state index in [1.807, 2.05) is 36.4 Å². The largest absolute Gasteiger partial charge is 0.384 e. The number of para-hydroxylation sites is 1. The van der Waals surface area contributed by atoms with E-state index in [0.717, 1.165) is 17.8 Å². The number of hydrogen-bond donors (Lipinski definition) is 1. The summed E-state index contributed by atoms with van der Waals surface area (Å²) in [5, 5.41) is 4.56. The molecule has 17 heavy (non-hydrogen) atoms. The second-order valence-corrected chi connectivity index (χ2v) is 5.55. The van der Waals surface area contributed by atoms with Gasteiger partial charge in [0.25, 0.3) is 0 Å². The first-order valence-electron chi connectivity index (χ1n) is 5.85. The fourth-order valence-electron chi connectivity index (χ4n) is 1.85. The maximum Gasteiger partial charge on any atom is 0.127 e. The topological polar surface area (TPSA) is 43.8 Å². The molecule has 0 aliphatic heterocycles. The second-order valence-electron chi connectivity index (χ2n) is 5.55. The van der Waals surface area contributed by atoms with Crippen LogP contribution in [0.4, 0.5) is 5.82 Å². The zero-order valence-corrected chi connectivity index (χ0v) is 10.6. The van der Waals surface area contributed by atoms with Crippen molar-refractivity contribution in [2.45, 2.75) is 27.2 Å². The summed E-state index contributed by atoms with van der Waals surface area (Å²) in [5.41, 5.74) is 8.26. The third kappa shape index (κ3) is 2.87. The standard InChI is InChI=1S/C14H19N3/c1-14(2,3)10-11-9-13(15)17(16-11)12-7-5-4-6-8-12/h4-9H,10,15H2,1-3H3. The molecule has 2 aromatic rings. The summed E-state index contributed by atoms with van der Waals surface area (Å²) < 4.78 is 1.79. The van der Waals surface area contributed by atoms with Crippen LogP contribution < -0.4 is 5.73 Å².